The van der Waals surface area contributed by atoms with Gasteiger partial charge in [-0.05, 0) is 53.1 Å². The van der Waals surface area contributed by atoms with Gasteiger partial charge in [0.15, 0.2) is 0 Å². The molecule has 0 spiro atoms. The Morgan fingerprint density at radius 1 is 1.23 bits per heavy atom. The summed E-state index contributed by atoms with van der Waals surface area (Å²) in [5, 5.41) is 13.0. The molecule has 0 radical (unpaired) electrons. The zero-order valence-electron chi connectivity index (χ0n) is 22.3. The predicted molar refractivity (Wildman–Crippen MR) is 144 cm³/mol. The number of pyridine rings is 1. The molecule has 40 heavy (non-hydrogen) atoms. The number of fused-ring (bicyclic) bond motifs is 1. The first-order valence-corrected chi connectivity index (χ1v) is 13.3. The van der Waals surface area contributed by atoms with Crippen molar-refractivity contribution in [3.8, 4) is 22.8 Å². The zero-order chi connectivity index (χ0) is 28.4. The number of carbonyl (C=O) groups is 1. The van der Waals surface area contributed by atoms with Gasteiger partial charge in [-0.25, -0.2) is 13.8 Å². The van der Waals surface area contributed by atoms with Crippen LogP contribution in [0.3, 0.4) is 0 Å². The van der Waals surface area contributed by atoms with E-state index in [0.717, 1.165) is 29.3 Å². The number of methoxy groups -OCH3 is 1. The Labute approximate surface area is 230 Å². The van der Waals surface area contributed by atoms with E-state index in [2.05, 4.69) is 10.2 Å². The highest BCUT2D eigenvalue weighted by Gasteiger charge is 2.28. The maximum absolute atomic E-state index is 14.9. The Morgan fingerprint density at radius 2 is 2.05 bits per heavy atom. The molecule has 0 saturated carbocycles. The normalized spacial score (nSPS) is 20.3. The summed E-state index contributed by atoms with van der Waals surface area (Å²) in [7, 11) is 1.47. The van der Waals surface area contributed by atoms with Crippen LogP contribution in [0.2, 0.25) is 0 Å². The van der Waals surface area contributed by atoms with Crippen LogP contribution in [-0.2, 0) is 17.8 Å². The molecule has 4 atom stereocenters. The highest BCUT2D eigenvalue weighted by atomic mass is 19.1. The van der Waals surface area contributed by atoms with Gasteiger partial charge in [0.05, 0.1) is 25.3 Å². The zero-order valence-corrected chi connectivity index (χ0v) is 22.3. The SMILES string of the molecule is COc1cc(-c2ccc(C3CCc4ccc([C@H](O)[C@H](C)C(=O)N=O)cc4O3)cc2CN2CC[C@@H](F)C2)c(F)cn1. The Balaban J connectivity index is 1.46. The lowest BCUT2D eigenvalue weighted by molar-refractivity contribution is -0.124. The van der Waals surface area contributed by atoms with Crippen molar-refractivity contribution in [1.29, 1.82) is 0 Å². The number of nitrogens with zero attached hydrogens (tertiary/aromatic N) is 3. The third kappa shape index (κ3) is 5.73. The molecule has 1 N–H and O–H groups in total. The number of aryl methyl sites for hydroxylation is 1. The fourth-order valence-electron chi connectivity index (χ4n) is 5.43. The number of hydrogen-bond acceptors (Lipinski definition) is 7. The van der Waals surface area contributed by atoms with Gasteiger partial charge < -0.3 is 14.6 Å². The lowest BCUT2D eigenvalue weighted by Crippen LogP contribution is -2.22. The summed E-state index contributed by atoms with van der Waals surface area (Å²) in [4.78, 5) is 28.3. The number of aliphatic hydroxyl groups is 1. The molecule has 3 heterocycles. The van der Waals surface area contributed by atoms with Crippen molar-refractivity contribution in [2.45, 2.75) is 51.1 Å². The summed E-state index contributed by atoms with van der Waals surface area (Å²) >= 11 is 0. The average molecular weight is 552 g/mol. The van der Waals surface area contributed by atoms with Gasteiger partial charge in [-0.2, -0.15) is 0 Å². The first kappa shape index (κ1) is 27.8. The number of halogens is 2. The standard InChI is InChI=1S/C30H31F2N3O5/c1-17(30(37)34-38)29(36)20-4-3-18-6-8-26(40-27(18)12-20)19-5-7-23(24-13-28(39-2)33-14-25(24)32)21(11-19)15-35-10-9-22(31)16-35/h3-5,7,11-14,17,22,26,29,36H,6,8-10,15-16H2,1-2H3/t17-,22+,26?,29+/m0/s1. The van der Waals surface area contributed by atoms with Crippen LogP contribution in [0.15, 0.2) is 53.8 Å². The summed E-state index contributed by atoms with van der Waals surface area (Å²) in [5.74, 6) is -1.50. The molecule has 10 heteroatoms. The average Bonchev–Trinajstić information content (AvgIpc) is 3.39. The Bertz CT molecular complexity index is 1420. The summed E-state index contributed by atoms with van der Waals surface area (Å²) < 4.78 is 40.5. The molecule has 1 saturated heterocycles. The Kier molecular flexibility index (Phi) is 8.18. The van der Waals surface area contributed by atoms with Gasteiger partial charge in [0, 0.05) is 36.4 Å². The van der Waals surface area contributed by atoms with Crippen molar-refractivity contribution in [3.63, 3.8) is 0 Å². The number of aromatic nitrogens is 1. The lowest BCUT2D eigenvalue weighted by Gasteiger charge is -2.29. The maximum Gasteiger partial charge on any atom is 0.292 e. The minimum absolute atomic E-state index is 0.293. The molecule has 1 fully saturated rings. The van der Waals surface area contributed by atoms with Crippen molar-refractivity contribution < 1.29 is 28.2 Å². The molecule has 210 valence electrons. The molecule has 1 unspecified atom stereocenters. The first-order valence-electron chi connectivity index (χ1n) is 13.3. The van der Waals surface area contributed by atoms with E-state index in [9.17, 15) is 23.6 Å². The molecule has 5 rings (SSSR count). The van der Waals surface area contributed by atoms with Gasteiger partial charge in [-0.15, -0.1) is 4.91 Å². The van der Waals surface area contributed by atoms with Crippen LogP contribution in [0, 0.1) is 16.6 Å². The number of hydrogen-bond donors (Lipinski definition) is 1. The highest BCUT2D eigenvalue weighted by molar-refractivity contribution is 5.79. The van der Waals surface area contributed by atoms with Crippen molar-refractivity contribution >= 4 is 5.91 Å². The van der Waals surface area contributed by atoms with E-state index in [0.29, 0.717) is 60.8 Å². The van der Waals surface area contributed by atoms with E-state index in [1.54, 1.807) is 18.2 Å². The van der Waals surface area contributed by atoms with E-state index < -0.39 is 29.9 Å². The third-order valence-corrected chi connectivity index (χ3v) is 7.77. The smallest absolute Gasteiger partial charge is 0.292 e. The lowest BCUT2D eigenvalue weighted by atomic mass is 9.91. The second kappa shape index (κ2) is 11.8. The van der Waals surface area contributed by atoms with Crippen LogP contribution in [0.25, 0.3) is 11.1 Å². The van der Waals surface area contributed by atoms with Gasteiger partial charge in [0.25, 0.3) is 5.91 Å². The van der Waals surface area contributed by atoms with E-state index in [1.807, 2.05) is 29.2 Å². The van der Waals surface area contributed by atoms with Gasteiger partial charge in [-0.3, -0.25) is 9.69 Å². The number of carbonyl (C=O) groups excluding carboxylic acids is 1. The van der Waals surface area contributed by atoms with Crippen molar-refractivity contribution in [1.82, 2.24) is 9.88 Å². The second-order valence-corrected chi connectivity index (χ2v) is 10.4. The second-order valence-electron chi connectivity index (χ2n) is 10.4. The largest absolute Gasteiger partial charge is 0.485 e. The molecule has 1 aromatic heterocycles. The minimum Gasteiger partial charge on any atom is -0.485 e. The highest BCUT2D eigenvalue weighted by Crippen LogP contribution is 2.39. The quantitative estimate of drug-likeness (QED) is 0.371. The van der Waals surface area contributed by atoms with Crippen molar-refractivity contribution in [2.75, 3.05) is 20.2 Å². The molecular formula is C30H31F2N3O5. The van der Waals surface area contributed by atoms with Crippen LogP contribution in [0.1, 0.15) is 54.2 Å². The van der Waals surface area contributed by atoms with Gasteiger partial charge in [-0.1, -0.05) is 37.3 Å². The molecule has 2 aromatic carbocycles. The van der Waals surface area contributed by atoms with E-state index in [4.69, 9.17) is 9.47 Å². The van der Waals surface area contributed by atoms with Crippen LogP contribution in [0.5, 0.6) is 11.6 Å². The summed E-state index contributed by atoms with van der Waals surface area (Å²) in [6.45, 7) is 2.84. The first-order chi connectivity index (χ1) is 19.3. The number of benzene rings is 2. The molecular weight excluding hydrogens is 520 g/mol. The summed E-state index contributed by atoms with van der Waals surface area (Å²) in [5.41, 5.74) is 4.18. The topological polar surface area (TPSA) is 101 Å². The van der Waals surface area contributed by atoms with E-state index in [1.165, 1.54) is 14.0 Å². The predicted octanol–water partition coefficient (Wildman–Crippen LogP) is 5.47. The monoisotopic (exact) mass is 551 g/mol. The number of ether oxygens (including phenoxy) is 2. The molecule has 8 nitrogen and oxygen atoms in total. The maximum atomic E-state index is 14.9. The summed E-state index contributed by atoms with van der Waals surface area (Å²) in [6, 6.07) is 12.6. The van der Waals surface area contributed by atoms with Gasteiger partial charge >= 0.3 is 0 Å². The Hall–Kier alpha value is -3.76. The number of rotatable bonds is 8. The van der Waals surface area contributed by atoms with E-state index in [-0.39, 0.29) is 6.10 Å². The minimum atomic E-state index is -1.20. The fraction of sp³-hybridized carbons (Fsp3) is 0.400. The van der Waals surface area contributed by atoms with Crippen LogP contribution in [-0.4, -0.2) is 47.3 Å². The number of alkyl halides is 1. The van der Waals surface area contributed by atoms with Crippen LogP contribution >= 0.6 is 0 Å². The van der Waals surface area contributed by atoms with E-state index >= 15 is 0 Å². The third-order valence-electron chi connectivity index (χ3n) is 7.77. The molecule has 2 aliphatic rings. The van der Waals surface area contributed by atoms with Gasteiger partial charge in [0.1, 0.15) is 23.8 Å². The van der Waals surface area contributed by atoms with Crippen LogP contribution < -0.4 is 9.47 Å². The molecule has 3 aromatic rings. The molecule has 0 aliphatic carbocycles. The number of nitroso groups, excluding NO2 is 1. The van der Waals surface area contributed by atoms with Gasteiger partial charge in [0.2, 0.25) is 5.88 Å². The summed E-state index contributed by atoms with van der Waals surface area (Å²) in [6.07, 6.45) is 0.634. The number of likely N-dealkylation sites (tertiary alicyclic amines) is 1. The van der Waals surface area contributed by atoms with Crippen LogP contribution in [0.4, 0.5) is 8.78 Å². The van der Waals surface area contributed by atoms with Crippen molar-refractivity contribution in [3.05, 3.63) is 81.6 Å². The number of aliphatic hydroxyl groups excluding tert-OH is 1. The number of amides is 1. The Morgan fingerprint density at radius 3 is 2.77 bits per heavy atom. The van der Waals surface area contributed by atoms with Crippen molar-refractivity contribution in [2.24, 2.45) is 11.1 Å². The molecule has 1 amide bonds. The molecule has 2 aliphatic heterocycles. The fourth-order valence-corrected chi connectivity index (χ4v) is 5.43. The molecule has 0 bridgehead atoms.